The average molecular weight is 291 g/mol. The lowest BCUT2D eigenvalue weighted by Crippen LogP contribution is -2.44. The van der Waals surface area contributed by atoms with Gasteiger partial charge in [-0.15, -0.1) is 0 Å². The topological polar surface area (TPSA) is 105 Å². The minimum absolute atomic E-state index is 0.181. The molecule has 0 saturated carbocycles. The van der Waals surface area contributed by atoms with Crippen LogP contribution in [0, 0.1) is 21.4 Å². The minimum Gasteiger partial charge on any atom is -0.467 e. The third-order valence-electron chi connectivity index (χ3n) is 3.12. The van der Waals surface area contributed by atoms with Crippen LogP contribution in [0.15, 0.2) is 18.2 Å². The molecule has 0 radical (unpaired) electrons. The standard InChI is InChI=1S/C14H17N3O4/c1-4-7-14(2,13(18)21-3)16-11-6-5-10(9-15)8-12(11)17(19)20/h5-6,8,16H,4,7H2,1-3H3. The molecule has 1 N–H and O–H groups in total. The Bertz CT molecular complexity index is 594. The molecule has 1 rings (SSSR count). The number of ether oxygens (including phenoxy) is 1. The maximum absolute atomic E-state index is 11.9. The van der Waals surface area contributed by atoms with Gasteiger partial charge in [0.25, 0.3) is 5.69 Å². The zero-order valence-electron chi connectivity index (χ0n) is 12.2. The maximum atomic E-state index is 11.9. The molecule has 0 aromatic heterocycles. The monoisotopic (exact) mass is 291 g/mol. The molecule has 0 heterocycles. The van der Waals surface area contributed by atoms with Gasteiger partial charge in [-0.3, -0.25) is 10.1 Å². The Kier molecular flexibility index (Phi) is 5.24. The van der Waals surface area contributed by atoms with Gasteiger partial charge < -0.3 is 10.1 Å². The van der Waals surface area contributed by atoms with Gasteiger partial charge in [0.05, 0.1) is 23.7 Å². The summed E-state index contributed by atoms with van der Waals surface area (Å²) in [6, 6.07) is 5.90. The highest BCUT2D eigenvalue weighted by atomic mass is 16.6. The van der Waals surface area contributed by atoms with Gasteiger partial charge in [-0.1, -0.05) is 13.3 Å². The van der Waals surface area contributed by atoms with Crippen LogP contribution in [0.5, 0.6) is 0 Å². The number of carbonyl (C=O) groups excluding carboxylic acids is 1. The molecule has 0 spiro atoms. The summed E-state index contributed by atoms with van der Waals surface area (Å²) >= 11 is 0. The summed E-state index contributed by atoms with van der Waals surface area (Å²) in [7, 11) is 1.27. The van der Waals surface area contributed by atoms with E-state index in [0.717, 1.165) is 0 Å². The van der Waals surface area contributed by atoms with Gasteiger partial charge in [-0.2, -0.15) is 5.26 Å². The van der Waals surface area contributed by atoms with E-state index in [2.05, 4.69) is 5.32 Å². The molecule has 112 valence electrons. The van der Waals surface area contributed by atoms with Gasteiger partial charge in [0.2, 0.25) is 0 Å². The SMILES string of the molecule is CCCC(C)(Nc1ccc(C#N)cc1[N+](=O)[O-])C(=O)OC. The Morgan fingerprint density at radius 2 is 2.24 bits per heavy atom. The number of hydrogen-bond acceptors (Lipinski definition) is 6. The van der Waals surface area contributed by atoms with Gasteiger partial charge in [-0.05, 0) is 25.5 Å². The Balaban J connectivity index is 3.24. The highest BCUT2D eigenvalue weighted by Gasteiger charge is 2.35. The number of carbonyl (C=O) groups is 1. The zero-order valence-corrected chi connectivity index (χ0v) is 12.2. The molecule has 7 heteroatoms. The van der Waals surface area contributed by atoms with Crippen molar-refractivity contribution in [2.24, 2.45) is 0 Å². The molecule has 1 aromatic rings. The lowest BCUT2D eigenvalue weighted by molar-refractivity contribution is -0.384. The highest BCUT2D eigenvalue weighted by Crippen LogP contribution is 2.30. The summed E-state index contributed by atoms with van der Waals surface area (Å²) in [4.78, 5) is 22.4. The van der Waals surface area contributed by atoms with Crippen LogP contribution >= 0.6 is 0 Å². The number of rotatable bonds is 6. The minimum atomic E-state index is -1.07. The van der Waals surface area contributed by atoms with Gasteiger partial charge in [0.15, 0.2) is 0 Å². The van der Waals surface area contributed by atoms with E-state index in [9.17, 15) is 14.9 Å². The first-order valence-corrected chi connectivity index (χ1v) is 6.43. The van der Waals surface area contributed by atoms with E-state index < -0.39 is 16.4 Å². The normalized spacial score (nSPS) is 12.9. The highest BCUT2D eigenvalue weighted by molar-refractivity contribution is 5.85. The van der Waals surface area contributed by atoms with Crippen molar-refractivity contribution in [1.29, 1.82) is 5.26 Å². The molecule has 1 atom stereocenters. The van der Waals surface area contributed by atoms with E-state index >= 15 is 0 Å². The van der Waals surface area contributed by atoms with Crippen LogP contribution in [0.4, 0.5) is 11.4 Å². The molecular weight excluding hydrogens is 274 g/mol. The van der Waals surface area contributed by atoms with E-state index in [1.807, 2.05) is 13.0 Å². The van der Waals surface area contributed by atoms with Crippen LogP contribution in [-0.4, -0.2) is 23.5 Å². The Hall–Kier alpha value is -2.62. The number of esters is 1. The molecular formula is C14H17N3O4. The molecule has 0 fully saturated rings. The van der Waals surface area contributed by atoms with Crippen molar-refractivity contribution >= 4 is 17.3 Å². The number of nitrogens with one attached hydrogen (secondary N) is 1. The van der Waals surface area contributed by atoms with Crippen molar-refractivity contribution in [2.75, 3.05) is 12.4 Å². The van der Waals surface area contributed by atoms with Gasteiger partial charge in [0.1, 0.15) is 11.2 Å². The van der Waals surface area contributed by atoms with Crippen LogP contribution in [0.3, 0.4) is 0 Å². The molecule has 0 aliphatic heterocycles. The summed E-state index contributed by atoms with van der Waals surface area (Å²) in [6.07, 6.45) is 1.15. The second-order valence-corrected chi connectivity index (χ2v) is 4.80. The molecule has 1 unspecified atom stereocenters. The first-order valence-electron chi connectivity index (χ1n) is 6.43. The van der Waals surface area contributed by atoms with Gasteiger partial charge in [-0.25, -0.2) is 4.79 Å². The van der Waals surface area contributed by atoms with E-state index in [4.69, 9.17) is 10.00 Å². The van der Waals surface area contributed by atoms with Gasteiger partial charge >= 0.3 is 5.97 Å². The molecule has 0 saturated heterocycles. The van der Waals surface area contributed by atoms with Crippen molar-refractivity contribution < 1.29 is 14.5 Å². The molecule has 21 heavy (non-hydrogen) atoms. The zero-order chi connectivity index (χ0) is 16.0. The Labute approximate surface area is 122 Å². The van der Waals surface area contributed by atoms with Crippen LogP contribution in [-0.2, 0) is 9.53 Å². The predicted molar refractivity (Wildman–Crippen MR) is 76.8 cm³/mol. The molecule has 0 aliphatic carbocycles. The van der Waals surface area contributed by atoms with Crippen LogP contribution in [0.25, 0.3) is 0 Å². The van der Waals surface area contributed by atoms with Crippen molar-refractivity contribution in [2.45, 2.75) is 32.2 Å². The van der Waals surface area contributed by atoms with Crippen molar-refractivity contribution in [3.63, 3.8) is 0 Å². The van der Waals surface area contributed by atoms with Gasteiger partial charge in [0, 0.05) is 6.07 Å². The number of nitro groups is 1. The number of benzene rings is 1. The number of methoxy groups -OCH3 is 1. The second-order valence-electron chi connectivity index (χ2n) is 4.80. The number of nitro benzene ring substituents is 1. The van der Waals surface area contributed by atoms with Crippen LogP contribution in [0.2, 0.25) is 0 Å². The lowest BCUT2D eigenvalue weighted by Gasteiger charge is -2.28. The van der Waals surface area contributed by atoms with Crippen LogP contribution < -0.4 is 5.32 Å². The van der Waals surface area contributed by atoms with E-state index in [0.29, 0.717) is 12.8 Å². The summed E-state index contributed by atoms with van der Waals surface area (Å²) in [5.41, 5.74) is -0.953. The summed E-state index contributed by atoms with van der Waals surface area (Å²) < 4.78 is 4.76. The van der Waals surface area contributed by atoms with Crippen molar-refractivity contribution in [1.82, 2.24) is 0 Å². The number of nitrogens with zero attached hydrogens (tertiary/aromatic N) is 2. The molecule has 0 bridgehead atoms. The average Bonchev–Trinajstić information content (AvgIpc) is 2.46. The molecule has 0 aliphatic rings. The van der Waals surface area contributed by atoms with E-state index in [-0.39, 0.29) is 16.9 Å². The lowest BCUT2D eigenvalue weighted by atomic mass is 9.95. The maximum Gasteiger partial charge on any atom is 0.331 e. The van der Waals surface area contributed by atoms with Crippen molar-refractivity contribution in [3.05, 3.63) is 33.9 Å². The summed E-state index contributed by atoms with van der Waals surface area (Å²) in [5, 5.41) is 22.8. The summed E-state index contributed by atoms with van der Waals surface area (Å²) in [5.74, 6) is -0.497. The molecule has 0 amide bonds. The largest absolute Gasteiger partial charge is 0.467 e. The third kappa shape index (κ3) is 3.69. The van der Waals surface area contributed by atoms with E-state index in [1.54, 1.807) is 6.92 Å². The fourth-order valence-corrected chi connectivity index (χ4v) is 2.10. The number of anilines is 1. The smallest absolute Gasteiger partial charge is 0.331 e. The Morgan fingerprint density at radius 3 is 2.71 bits per heavy atom. The number of nitriles is 1. The molecule has 7 nitrogen and oxygen atoms in total. The Morgan fingerprint density at radius 1 is 1.57 bits per heavy atom. The second kappa shape index (κ2) is 6.70. The van der Waals surface area contributed by atoms with Crippen LogP contribution in [0.1, 0.15) is 32.3 Å². The summed E-state index contributed by atoms with van der Waals surface area (Å²) in [6.45, 7) is 3.53. The van der Waals surface area contributed by atoms with E-state index in [1.165, 1.54) is 25.3 Å². The first kappa shape index (κ1) is 16.4. The van der Waals surface area contributed by atoms with Crippen molar-refractivity contribution in [3.8, 4) is 6.07 Å². The first-order chi connectivity index (χ1) is 9.87. The number of hydrogen-bond donors (Lipinski definition) is 1. The molecule has 1 aromatic carbocycles. The predicted octanol–water partition coefficient (Wildman–Crippen LogP) is 2.61. The fourth-order valence-electron chi connectivity index (χ4n) is 2.10. The quantitative estimate of drug-likeness (QED) is 0.490. The fraction of sp³-hybridized carbons (Fsp3) is 0.429. The third-order valence-corrected chi connectivity index (χ3v) is 3.12.